The van der Waals surface area contributed by atoms with Crippen LogP contribution in [0.25, 0.3) is 0 Å². The fourth-order valence-corrected chi connectivity index (χ4v) is 12.5. The predicted molar refractivity (Wildman–Crippen MR) is 210 cm³/mol. The van der Waals surface area contributed by atoms with E-state index in [1.165, 1.54) is 43.8 Å². The van der Waals surface area contributed by atoms with Crippen molar-refractivity contribution in [1.82, 2.24) is 4.90 Å². The molecule has 4 nitrogen and oxygen atoms in total. The smallest absolute Gasteiger partial charge is 0.261 e. The third kappa shape index (κ3) is 8.54. The van der Waals surface area contributed by atoms with Crippen molar-refractivity contribution < 1.29 is 13.9 Å². The van der Waals surface area contributed by atoms with Gasteiger partial charge in [0.25, 0.3) is 8.32 Å². The van der Waals surface area contributed by atoms with Gasteiger partial charge in [0, 0.05) is 27.3 Å². The molecule has 5 aromatic carbocycles. The van der Waals surface area contributed by atoms with E-state index in [2.05, 4.69) is 180 Å². The van der Waals surface area contributed by atoms with Gasteiger partial charge in [0.05, 0.1) is 12.1 Å². The topological polar surface area (TPSA) is 30.9 Å². The lowest BCUT2D eigenvalue weighted by Crippen LogP contribution is -2.67. The summed E-state index contributed by atoms with van der Waals surface area (Å²) in [5.41, 5.74) is 7.48. The van der Waals surface area contributed by atoms with Crippen LogP contribution in [0.1, 0.15) is 66.7 Å². The summed E-state index contributed by atoms with van der Waals surface area (Å²) in [6.07, 6.45) is -0.0752. The average Bonchev–Trinajstić information content (AvgIpc) is 3.11. The van der Waals surface area contributed by atoms with Gasteiger partial charge in [-0.05, 0) is 70.4 Å². The molecular formula is C45H55NO3Si. The van der Waals surface area contributed by atoms with Crippen LogP contribution in [0.15, 0.2) is 133 Å². The number of rotatable bonds is 15. The van der Waals surface area contributed by atoms with Crippen molar-refractivity contribution in [2.24, 2.45) is 0 Å². The van der Waals surface area contributed by atoms with E-state index >= 15 is 0 Å². The third-order valence-corrected chi connectivity index (χ3v) is 15.0. The van der Waals surface area contributed by atoms with Crippen molar-refractivity contribution >= 4 is 18.7 Å². The van der Waals surface area contributed by atoms with Crippen LogP contribution in [0.4, 0.5) is 0 Å². The Morgan fingerprint density at radius 2 is 1.00 bits per heavy atom. The summed E-state index contributed by atoms with van der Waals surface area (Å²) in [5, 5.41) is 2.34. The van der Waals surface area contributed by atoms with Crippen LogP contribution < -0.4 is 10.4 Å². The minimum absolute atomic E-state index is 0.145. The lowest BCUT2D eigenvalue weighted by atomic mass is 9.91. The molecule has 0 saturated carbocycles. The molecule has 0 fully saturated rings. The van der Waals surface area contributed by atoms with Crippen molar-refractivity contribution in [2.45, 2.75) is 84.5 Å². The number of aryl methyl sites for hydroxylation is 3. The van der Waals surface area contributed by atoms with Crippen LogP contribution in [-0.4, -0.2) is 39.8 Å². The zero-order valence-corrected chi connectivity index (χ0v) is 32.2. The maximum atomic E-state index is 8.08. The van der Waals surface area contributed by atoms with Crippen LogP contribution >= 0.6 is 0 Å². The highest BCUT2D eigenvalue weighted by Gasteiger charge is 2.52. The minimum Gasteiger partial charge on any atom is -0.400 e. The third-order valence-electron chi connectivity index (χ3n) is 9.96. The van der Waals surface area contributed by atoms with Gasteiger partial charge in [-0.3, -0.25) is 4.90 Å². The lowest BCUT2D eigenvalue weighted by Gasteiger charge is -2.47. The Morgan fingerprint density at radius 3 is 1.38 bits per heavy atom. The fourth-order valence-electron chi connectivity index (χ4n) is 7.82. The Bertz CT molecular complexity index is 1650. The van der Waals surface area contributed by atoms with Crippen LogP contribution in [0.2, 0.25) is 5.04 Å². The van der Waals surface area contributed by atoms with Gasteiger partial charge >= 0.3 is 0 Å². The normalized spacial score (nSPS) is 13.5. The van der Waals surface area contributed by atoms with E-state index in [0.29, 0.717) is 6.42 Å². The van der Waals surface area contributed by atoms with Crippen LogP contribution in [0.3, 0.4) is 0 Å². The SMILES string of the molecule is COC(OC)[C@@H](C[C@H](O[Si](c1ccccc1)(c1ccccc1)C(C)(C)C)c1c(C)cc(C)cc1C)N(Cc1ccccc1)Cc1ccccc1. The molecule has 0 heterocycles. The molecule has 5 aromatic rings. The maximum Gasteiger partial charge on any atom is 0.261 e. The molecule has 50 heavy (non-hydrogen) atoms. The first-order valence-corrected chi connectivity index (χ1v) is 19.7. The lowest BCUT2D eigenvalue weighted by molar-refractivity contribution is -0.156. The van der Waals surface area contributed by atoms with Crippen molar-refractivity contribution in [3.05, 3.63) is 167 Å². The second-order valence-electron chi connectivity index (χ2n) is 14.6. The second-order valence-corrected chi connectivity index (χ2v) is 18.9. The quantitative estimate of drug-likeness (QED) is 0.0812. The Labute approximate surface area is 302 Å². The van der Waals surface area contributed by atoms with Gasteiger partial charge in [-0.25, -0.2) is 0 Å². The molecule has 0 saturated heterocycles. The predicted octanol–water partition coefficient (Wildman–Crippen LogP) is 9.31. The maximum absolute atomic E-state index is 8.08. The number of nitrogens with zero attached hydrogens (tertiary/aromatic N) is 1. The molecule has 2 atom stereocenters. The van der Waals surface area contributed by atoms with Gasteiger partial charge in [0.15, 0.2) is 6.29 Å². The van der Waals surface area contributed by atoms with Gasteiger partial charge in [0.2, 0.25) is 0 Å². The van der Waals surface area contributed by atoms with Gasteiger partial charge in [-0.15, -0.1) is 0 Å². The van der Waals surface area contributed by atoms with E-state index in [9.17, 15) is 0 Å². The average molecular weight is 686 g/mol. The van der Waals surface area contributed by atoms with Gasteiger partial charge in [-0.1, -0.05) is 160 Å². The summed E-state index contributed by atoms with van der Waals surface area (Å²) in [7, 11) is 0.550. The Kier molecular flexibility index (Phi) is 12.7. The van der Waals surface area contributed by atoms with Crippen LogP contribution in [0, 0.1) is 20.8 Å². The number of hydrogen-bond acceptors (Lipinski definition) is 4. The monoisotopic (exact) mass is 685 g/mol. The van der Waals surface area contributed by atoms with E-state index in [4.69, 9.17) is 13.9 Å². The van der Waals surface area contributed by atoms with E-state index in [-0.39, 0.29) is 17.2 Å². The van der Waals surface area contributed by atoms with E-state index in [0.717, 1.165) is 13.1 Å². The zero-order valence-electron chi connectivity index (χ0n) is 31.2. The molecular weight excluding hydrogens is 631 g/mol. The van der Waals surface area contributed by atoms with Gasteiger partial charge in [0.1, 0.15) is 0 Å². The molecule has 0 bridgehead atoms. The largest absolute Gasteiger partial charge is 0.400 e. The first-order valence-electron chi connectivity index (χ1n) is 17.8. The van der Waals surface area contributed by atoms with Crippen LogP contribution in [0.5, 0.6) is 0 Å². The number of hydrogen-bond donors (Lipinski definition) is 0. The first kappa shape index (κ1) is 37.4. The first-order chi connectivity index (χ1) is 24.1. The molecule has 0 aliphatic carbocycles. The highest BCUT2D eigenvalue weighted by atomic mass is 28.4. The molecule has 5 heteroatoms. The minimum atomic E-state index is -2.96. The molecule has 0 radical (unpaired) electrons. The standard InChI is InChI=1S/C45H55NO3Si/c1-34-29-35(2)43(36(3)30-34)42(49-50(45(4,5)6,39-25-17-11-18-26-39)40-27-19-12-20-28-40)31-41(44(47-7)48-8)46(32-37-21-13-9-14-22-37)33-38-23-15-10-16-24-38/h9-30,41-42,44H,31-33H2,1-8H3/t41-,42+/m1/s1. The van der Waals surface area contributed by atoms with E-state index in [1.807, 2.05) is 0 Å². The van der Waals surface area contributed by atoms with Crippen molar-refractivity contribution in [3.8, 4) is 0 Å². The van der Waals surface area contributed by atoms with Crippen molar-refractivity contribution in [2.75, 3.05) is 14.2 Å². The molecule has 0 unspecified atom stereocenters. The molecule has 0 aromatic heterocycles. The number of benzene rings is 5. The van der Waals surface area contributed by atoms with Crippen LogP contribution in [-0.2, 0) is 27.0 Å². The molecule has 262 valence electrons. The molecule has 5 rings (SSSR count). The highest BCUT2D eigenvalue weighted by Crippen LogP contribution is 2.43. The number of ether oxygens (including phenoxy) is 2. The Balaban J connectivity index is 1.73. The zero-order chi connectivity index (χ0) is 35.7. The summed E-state index contributed by atoms with van der Waals surface area (Å²) in [4.78, 5) is 2.52. The van der Waals surface area contributed by atoms with Gasteiger partial charge < -0.3 is 13.9 Å². The van der Waals surface area contributed by atoms with Crippen molar-refractivity contribution in [3.63, 3.8) is 0 Å². The second kappa shape index (κ2) is 16.9. The summed E-state index contributed by atoms with van der Waals surface area (Å²) in [5.74, 6) is 0. The Hall–Kier alpha value is -3.84. The summed E-state index contributed by atoms with van der Waals surface area (Å²) in [6, 6.07) is 47.8. The fraction of sp³-hybridized carbons (Fsp3) is 0.333. The molecule has 0 aliphatic rings. The number of methoxy groups -OCH3 is 2. The molecule has 0 N–H and O–H groups in total. The van der Waals surface area contributed by atoms with Gasteiger partial charge in [-0.2, -0.15) is 0 Å². The molecule has 0 amide bonds. The summed E-state index contributed by atoms with van der Waals surface area (Å²) < 4.78 is 20.5. The Morgan fingerprint density at radius 1 is 0.600 bits per heavy atom. The molecule has 0 spiro atoms. The molecule has 0 aliphatic heterocycles. The highest BCUT2D eigenvalue weighted by molar-refractivity contribution is 6.99. The summed E-state index contributed by atoms with van der Waals surface area (Å²) >= 11 is 0. The van der Waals surface area contributed by atoms with Crippen molar-refractivity contribution in [1.29, 1.82) is 0 Å². The van der Waals surface area contributed by atoms with E-state index in [1.54, 1.807) is 14.2 Å². The van der Waals surface area contributed by atoms with E-state index < -0.39 is 14.6 Å². The summed E-state index contributed by atoms with van der Waals surface area (Å²) in [6.45, 7) is 15.2.